The number of nitrogens with one attached hydrogen (secondary N) is 1. The van der Waals surface area contributed by atoms with Crippen molar-refractivity contribution in [1.82, 2.24) is 9.88 Å². The van der Waals surface area contributed by atoms with E-state index in [-0.39, 0.29) is 5.82 Å². The van der Waals surface area contributed by atoms with Crippen LogP contribution in [0.25, 0.3) is 0 Å². The fourth-order valence-corrected chi connectivity index (χ4v) is 3.05. The van der Waals surface area contributed by atoms with E-state index in [1.165, 1.54) is 6.07 Å². The topological polar surface area (TPSA) is 57.4 Å². The molecule has 0 amide bonds. The van der Waals surface area contributed by atoms with Gasteiger partial charge in [0.1, 0.15) is 11.6 Å². The molecule has 0 unspecified atom stereocenters. The maximum absolute atomic E-state index is 14.6. The van der Waals surface area contributed by atoms with E-state index in [1.807, 2.05) is 11.9 Å². The fraction of sp³-hybridized carbons (Fsp3) is 0.389. The third-order valence-electron chi connectivity index (χ3n) is 4.52. The van der Waals surface area contributed by atoms with Gasteiger partial charge in [0.25, 0.3) is 0 Å². The van der Waals surface area contributed by atoms with Crippen LogP contribution in [-0.4, -0.2) is 43.1 Å². The van der Waals surface area contributed by atoms with Crippen LogP contribution < -0.4 is 16.0 Å². The highest BCUT2D eigenvalue weighted by molar-refractivity contribution is 5.64. The number of hydrogen-bond donors (Lipinski definition) is 2. The van der Waals surface area contributed by atoms with Crippen molar-refractivity contribution >= 4 is 22.9 Å². The van der Waals surface area contributed by atoms with Crippen LogP contribution in [0.2, 0.25) is 0 Å². The molecule has 2 heterocycles. The lowest BCUT2D eigenvalue weighted by Crippen LogP contribution is -2.29. The normalized spacial score (nSPS) is 16.3. The number of nitrogens with zero attached hydrogens (tertiary/aromatic N) is 3. The van der Waals surface area contributed by atoms with E-state index in [2.05, 4.69) is 15.2 Å². The number of halogens is 4. The number of nitrogen functional groups attached to an aromatic ring is 1. The minimum absolute atomic E-state index is 0.115. The third-order valence-corrected chi connectivity index (χ3v) is 4.52. The molecule has 146 valence electrons. The second kappa shape index (κ2) is 7.59. The standard InChI is InChI=1S/C18H21F4N5/c1-26-5-2-6-27(8-7-26)16-4-3-12(9-14(16)19)25-17-10-15(23)13(11-24-17)18(20,21)22/h3-4,9-11H,2,5-8H2,1H3,(H3,23,24,25). The Balaban J connectivity index is 1.75. The van der Waals surface area contributed by atoms with Crippen LogP contribution in [0.3, 0.4) is 0 Å². The highest BCUT2D eigenvalue weighted by atomic mass is 19.4. The maximum atomic E-state index is 14.6. The van der Waals surface area contributed by atoms with Crippen molar-refractivity contribution in [3.05, 3.63) is 41.8 Å². The lowest BCUT2D eigenvalue weighted by molar-refractivity contribution is -0.137. The number of anilines is 4. The molecular weight excluding hydrogens is 362 g/mol. The molecule has 0 spiro atoms. The maximum Gasteiger partial charge on any atom is 0.419 e. The van der Waals surface area contributed by atoms with Crippen molar-refractivity contribution in [2.24, 2.45) is 0 Å². The molecule has 0 saturated carbocycles. The van der Waals surface area contributed by atoms with E-state index in [0.717, 1.165) is 38.7 Å². The summed E-state index contributed by atoms with van der Waals surface area (Å²) in [5.41, 5.74) is 4.91. The number of hydrogen-bond acceptors (Lipinski definition) is 5. The van der Waals surface area contributed by atoms with E-state index in [0.29, 0.717) is 17.6 Å². The van der Waals surface area contributed by atoms with Gasteiger partial charge in [-0.1, -0.05) is 0 Å². The van der Waals surface area contributed by atoms with Crippen LogP contribution in [0.1, 0.15) is 12.0 Å². The Morgan fingerprint density at radius 1 is 1.11 bits per heavy atom. The first kappa shape index (κ1) is 19.2. The van der Waals surface area contributed by atoms with Gasteiger partial charge >= 0.3 is 6.18 Å². The summed E-state index contributed by atoms with van der Waals surface area (Å²) in [6, 6.07) is 5.72. The Labute approximate surface area is 154 Å². The zero-order valence-corrected chi connectivity index (χ0v) is 14.9. The molecule has 1 saturated heterocycles. The van der Waals surface area contributed by atoms with Crippen LogP contribution >= 0.6 is 0 Å². The van der Waals surface area contributed by atoms with Gasteiger partial charge in [0.2, 0.25) is 0 Å². The molecule has 0 atom stereocenters. The van der Waals surface area contributed by atoms with E-state index in [1.54, 1.807) is 12.1 Å². The van der Waals surface area contributed by atoms with Crippen molar-refractivity contribution in [3.63, 3.8) is 0 Å². The van der Waals surface area contributed by atoms with E-state index in [4.69, 9.17) is 5.73 Å². The van der Waals surface area contributed by atoms with Gasteiger partial charge in [0.15, 0.2) is 0 Å². The molecule has 1 aromatic carbocycles. The molecule has 1 fully saturated rings. The number of alkyl halides is 3. The summed E-state index contributed by atoms with van der Waals surface area (Å²) in [6.07, 6.45) is -2.95. The Bertz CT molecular complexity index is 809. The Morgan fingerprint density at radius 2 is 1.89 bits per heavy atom. The largest absolute Gasteiger partial charge is 0.419 e. The predicted molar refractivity (Wildman–Crippen MR) is 97.7 cm³/mol. The van der Waals surface area contributed by atoms with Crippen LogP contribution in [0.5, 0.6) is 0 Å². The molecule has 27 heavy (non-hydrogen) atoms. The average Bonchev–Trinajstić information content (AvgIpc) is 2.78. The Hall–Kier alpha value is -2.55. The SMILES string of the molecule is CN1CCCN(c2ccc(Nc3cc(N)c(C(F)(F)F)cn3)cc2F)CC1. The number of likely N-dealkylation sites (N-methyl/N-ethyl adjacent to an activating group) is 1. The zero-order chi connectivity index (χ0) is 19.6. The monoisotopic (exact) mass is 383 g/mol. The summed E-state index contributed by atoms with van der Waals surface area (Å²) in [5.74, 6) is -0.284. The zero-order valence-electron chi connectivity index (χ0n) is 14.9. The number of rotatable bonds is 3. The molecule has 1 aromatic heterocycles. The first-order valence-corrected chi connectivity index (χ1v) is 8.57. The second-order valence-corrected chi connectivity index (χ2v) is 6.59. The smallest absolute Gasteiger partial charge is 0.398 e. The fourth-order valence-electron chi connectivity index (χ4n) is 3.05. The first-order chi connectivity index (χ1) is 12.7. The molecule has 5 nitrogen and oxygen atoms in total. The van der Waals surface area contributed by atoms with Crippen molar-refractivity contribution < 1.29 is 17.6 Å². The van der Waals surface area contributed by atoms with Crippen LogP contribution in [-0.2, 0) is 6.18 Å². The van der Waals surface area contributed by atoms with Gasteiger partial charge in [0.05, 0.1) is 11.3 Å². The minimum atomic E-state index is -4.56. The van der Waals surface area contributed by atoms with Gasteiger partial charge in [-0.25, -0.2) is 9.37 Å². The van der Waals surface area contributed by atoms with Gasteiger partial charge < -0.3 is 20.9 Å². The van der Waals surface area contributed by atoms with Crippen LogP contribution in [0.4, 0.5) is 40.4 Å². The second-order valence-electron chi connectivity index (χ2n) is 6.59. The lowest BCUT2D eigenvalue weighted by atomic mass is 10.2. The number of pyridine rings is 1. The molecule has 3 N–H and O–H groups in total. The highest BCUT2D eigenvalue weighted by Crippen LogP contribution is 2.34. The quantitative estimate of drug-likeness (QED) is 0.792. The van der Waals surface area contributed by atoms with E-state index in [9.17, 15) is 17.6 Å². The summed E-state index contributed by atoms with van der Waals surface area (Å²) in [6.45, 7) is 3.33. The molecule has 9 heteroatoms. The van der Waals surface area contributed by atoms with Crippen LogP contribution in [0.15, 0.2) is 30.5 Å². The first-order valence-electron chi connectivity index (χ1n) is 8.57. The molecule has 1 aliphatic rings. The lowest BCUT2D eigenvalue weighted by Gasteiger charge is -2.23. The summed E-state index contributed by atoms with van der Waals surface area (Å²) in [4.78, 5) is 7.91. The molecule has 0 aliphatic carbocycles. The van der Waals surface area contributed by atoms with Crippen molar-refractivity contribution in [2.75, 3.05) is 49.2 Å². The average molecular weight is 383 g/mol. The van der Waals surface area contributed by atoms with Crippen LogP contribution in [0, 0.1) is 5.82 Å². The van der Waals surface area contributed by atoms with Gasteiger partial charge in [-0.3, -0.25) is 0 Å². The molecule has 0 bridgehead atoms. The van der Waals surface area contributed by atoms with Crippen molar-refractivity contribution in [3.8, 4) is 0 Å². The Morgan fingerprint density at radius 3 is 2.56 bits per heavy atom. The highest BCUT2D eigenvalue weighted by Gasteiger charge is 2.33. The van der Waals surface area contributed by atoms with Crippen molar-refractivity contribution in [2.45, 2.75) is 12.6 Å². The number of aromatic nitrogens is 1. The molecule has 3 rings (SSSR count). The summed E-state index contributed by atoms with van der Waals surface area (Å²) < 4.78 is 52.8. The molecule has 1 aliphatic heterocycles. The number of nitrogens with two attached hydrogens (primary N) is 1. The van der Waals surface area contributed by atoms with E-state index >= 15 is 0 Å². The summed E-state index contributed by atoms with van der Waals surface area (Å²) >= 11 is 0. The van der Waals surface area contributed by atoms with E-state index < -0.39 is 23.2 Å². The molecular formula is C18H21F4N5. The van der Waals surface area contributed by atoms with Gasteiger partial charge in [-0.05, 0) is 38.2 Å². The van der Waals surface area contributed by atoms with Gasteiger partial charge in [0, 0.05) is 43.3 Å². The summed E-state index contributed by atoms with van der Waals surface area (Å²) in [7, 11) is 2.04. The van der Waals surface area contributed by atoms with Crippen molar-refractivity contribution in [1.29, 1.82) is 0 Å². The van der Waals surface area contributed by atoms with Gasteiger partial charge in [-0.15, -0.1) is 0 Å². The summed E-state index contributed by atoms with van der Waals surface area (Å²) in [5, 5.41) is 2.79. The molecule has 0 radical (unpaired) electrons. The molecule has 2 aromatic rings. The minimum Gasteiger partial charge on any atom is -0.398 e. The van der Waals surface area contributed by atoms with Gasteiger partial charge in [-0.2, -0.15) is 13.2 Å². The third kappa shape index (κ3) is 4.60. The number of benzene rings is 1. The Kier molecular flexibility index (Phi) is 5.41. The predicted octanol–water partition coefficient (Wildman–Crippen LogP) is 3.71.